The van der Waals surface area contributed by atoms with Gasteiger partial charge in [0.25, 0.3) is 0 Å². The highest BCUT2D eigenvalue weighted by molar-refractivity contribution is 6.03. The van der Waals surface area contributed by atoms with Crippen LogP contribution in [0.25, 0.3) is 0 Å². The molecule has 0 N–H and O–H groups in total. The Kier molecular flexibility index (Phi) is 5.92. The second-order valence-corrected chi connectivity index (χ2v) is 4.97. The molecule has 0 aliphatic heterocycles. The molecule has 6 nitrogen and oxygen atoms in total. The Balaban J connectivity index is 2.27. The Morgan fingerprint density at radius 2 is 1.54 bits per heavy atom. The molecule has 0 radical (unpaired) electrons. The number of esters is 1. The number of carbonyl (C=O) groups excluding carboxylic acids is 2. The first-order valence-corrected chi connectivity index (χ1v) is 7.22. The number of hydrogen-bond donors (Lipinski definition) is 0. The molecule has 0 saturated heterocycles. The smallest absolute Gasteiger partial charge is 0.323 e. The van der Waals surface area contributed by atoms with E-state index in [4.69, 9.17) is 10.00 Å². The van der Waals surface area contributed by atoms with Gasteiger partial charge in [-0.25, -0.2) is 0 Å². The zero-order valence-corrected chi connectivity index (χ0v) is 12.7. The maximum Gasteiger partial charge on any atom is 0.323 e. The fourth-order valence-corrected chi connectivity index (χ4v) is 2.26. The molecule has 0 aromatic heterocycles. The van der Waals surface area contributed by atoms with E-state index < -0.39 is 23.9 Å². The van der Waals surface area contributed by atoms with E-state index in [1.807, 2.05) is 6.07 Å². The van der Waals surface area contributed by atoms with Crippen LogP contribution in [0.4, 0.5) is 0 Å². The van der Waals surface area contributed by atoms with Crippen LogP contribution in [0.1, 0.15) is 29.6 Å². The Bertz CT molecular complexity index is 754. The van der Waals surface area contributed by atoms with Gasteiger partial charge in [-0.1, -0.05) is 60.7 Å². The number of carbonyl (C=O) groups is 2. The van der Waals surface area contributed by atoms with Crippen molar-refractivity contribution in [3.63, 3.8) is 0 Å². The van der Waals surface area contributed by atoms with Crippen LogP contribution in [0.5, 0.6) is 0 Å². The molecule has 0 spiro atoms. The molecule has 0 heterocycles. The molecule has 2 aromatic rings. The highest BCUT2D eigenvalue weighted by Gasteiger charge is 2.33. The standard InChI is InChI=1S/C18H14N2O4/c19-12-11-15(13-7-3-1-4-8-13)24-18(22)16(17(21)20-23)14-9-5-2-6-10-14/h1-10,15-16H,11H2. The van der Waals surface area contributed by atoms with Crippen molar-refractivity contribution >= 4 is 11.9 Å². The van der Waals surface area contributed by atoms with Crippen molar-refractivity contribution in [3.05, 3.63) is 76.7 Å². The minimum Gasteiger partial charge on any atom is -0.456 e. The summed E-state index contributed by atoms with van der Waals surface area (Å²) < 4.78 is 5.34. The average molecular weight is 322 g/mol. The number of amides is 1. The average Bonchev–Trinajstić information content (AvgIpc) is 2.63. The predicted octanol–water partition coefficient (Wildman–Crippen LogP) is 3.26. The van der Waals surface area contributed by atoms with Gasteiger partial charge in [0.05, 0.1) is 12.5 Å². The summed E-state index contributed by atoms with van der Waals surface area (Å²) in [6, 6.07) is 18.7. The van der Waals surface area contributed by atoms with E-state index in [9.17, 15) is 14.5 Å². The fraction of sp³-hybridized carbons (Fsp3) is 0.167. The second-order valence-electron chi connectivity index (χ2n) is 4.97. The summed E-state index contributed by atoms with van der Waals surface area (Å²) in [6.45, 7) is 0. The topological polar surface area (TPSA) is 96.6 Å². The van der Waals surface area contributed by atoms with Gasteiger partial charge in [-0.15, -0.1) is 4.91 Å². The summed E-state index contributed by atoms with van der Waals surface area (Å²) in [4.78, 5) is 34.9. The van der Waals surface area contributed by atoms with Crippen LogP contribution < -0.4 is 0 Å². The Labute approximate surface area is 138 Å². The molecule has 2 aromatic carbocycles. The number of nitrogens with zero attached hydrogens (tertiary/aromatic N) is 2. The third kappa shape index (κ3) is 4.11. The highest BCUT2D eigenvalue weighted by atomic mass is 16.5. The number of nitroso groups, excluding NO2 is 1. The van der Waals surface area contributed by atoms with Crippen molar-refractivity contribution in [2.75, 3.05) is 0 Å². The normalized spacial score (nSPS) is 12.5. The quantitative estimate of drug-likeness (QED) is 0.462. The van der Waals surface area contributed by atoms with Crippen LogP contribution in [-0.4, -0.2) is 11.9 Å². The zero-order chi connectivity index (χ0) is 17.4. The lowest BCUT2D eigenvalue weighted by Crippen LogP contribution is -2.24. The van der Waals surface area contributed by atoms with Gasteiger partial charge in [0, 0.05) is 5.18 Å². The van der Waals surface area contributed by atoms with Crippen molar-refractivity contribution in [1.29, 1.82) is 5.26 Å². The van der Waals surface area contributed by atoms with Crippen molar-refractivity contribution in [2.45, 2.75) is 18.4 Å². The van der Waals surface area contributed by atoms with Crippen molar-refractivity contribution in [3.8, 4) is 6.07 Å². The molecule has 1 amide bonds. The molecular weight excluding hydrogens is 308 g/mol. The molecular formula is C18H14N2O4. The van der Waals surface area contributed by atoms with E-state index in [1.54, 1.807) is 48.5 Å². The van der Waals surface area contributed by atoms with Gasteiger partial charge in [0.1, 0.15) is 6.10 Å². The molecule has 0 aliphatic carbocycles. The Morgan fingerprint density at radius 3 is 2.04 bits per heavy atom. The lowest BCUT2D eigenvalue weighted by Gasteiger charge is -2.19. The summed E-state index contributed by atoms with van der Waals surface area (Å²) >= 11 is 0. The van der Waals surface area contributed by atoms with E-state index in [1.165, 1.54) is 12.1 Å². The van der Waals surface area contributed by atoms with Crippen LogP contribution >= 0.6 is 0 Å². The minimum atomic E-state index is -1.44. The summed E-state index contributed by atoms with van der Waals surface area (Å²) in [5.41, 5.74) is 0.946. The third-order valence-electron chi connectivity index (χ3n) is 3.41. The lowest BCUT2D eigenvalue weighted by molar-refractivity contribution is -0.153. The molecule has 6 heteroatoms. The van der Waals surface area contributed by atoms with Gasteiger partial charge in [-0.3, -0.25) is 9.59 Å². The van der Waals surface area contributed by atoms with Gasteiger partial charge in [-0.05, 0) is 11.1 Å². The molecule has 120 valence electrons. The van der Waals surface area contributed by atoms with E-state index in [2.05, 4.69) is 5.18 Å². The van der Waals surface area contributed by atoms with E-state index in [-0.39, 0.29) is 6.42 Å². The molecule has 2 rings (SSSR count). The molecule has 24 heavy (non-hydrogen) atoms. The van der Waals surface area contributed by atoms with Gasteiger partial charge in [0.15, 0.2) is 5.92 Å². The van der Waals surface area contributed by atoms with Gasteiger partial charge >= 0.3 is 11.9 Å². The Hall–Kier alpha value is -3.33. The number of rotatable bonds is 6. The van der Waals surface area contributed by atoms with Gasteiger partial charge < -0.3 is 4.74 Å². The van der Waals surface area contributed by atoms with Crippen molar-refractivity contribution in [2.24, 2.45) is 5.18 Å². The number of ether oxygens (including phenoxy) is 1. The first-order valence-electron chi connectivity index (χ1n) is 7.22. The SMILES string of the molecule is N#CCC(OC(=O)C(C(=O)N=O)c1ccccc1)c1ccccc1. The molecule has 2 unspecified atom stereocenters. The van der Waals surface area contributed by atoms with E-state index in [0.29, 0.717) is 11.1 Å². The van der Waals surface area contributed by atoms with Crippen LogP contribution in [0, 0.1) is 16.2 Å². The number of hydrogen-bond acceptors (Lipinski definition) is 5. The molecule has 0 fully saturated rings. The van der Waals surface area contributed by atoms with Crippen LogP contribution in [0.15, 0.2) is 65.8 Å². The first-order chi connectivity index (χ1) is 11.7. The summed E-state index contributed by atoms with van der Waals surface area (Å²) in [6.07, 6.45) is -0.894. The van der Waals surface area contributed by atoms with E-state index >= 15 is 0 Å². The zero-order valence-electron chi connectivity index (χ0n) is 12.7. The van der Waals surface area contributed by atoms with Crippen molar-refractivity contribution < 1.29 is 14.3 Å². The number of benzene rings is 2. The van der Waals surface area contributed by atoms with E-state index in [0.717, 1.165) is 0 Å². The monoisotopic (exact) mass is 322 g/mol. The number of nitriles is 1. The minimum absolute atomic E-state index is 0.0695. The first kappa shape index (κ1) is 17.0. The second kappa shape index (κ2) is 8.34. The van der Waals surface area contributed by atoms with Crippen LogP contribution in [0.2, 0.25) is 0 Å². The fourth-order valence-electron chi connectivity index (χ4n) is 2.26. The molecule has 2 atom stereocenters. The largest absolute Gasteiger partial charge is 0.456 e. The summed E-state index contributed by atoms with van der Waals surface area (Å²) in [5, 5.41) is 11.3. The Morgan fingerprint density at radius 1 is 1.00 bits per heavy atom. The maximum absolute atomic E-state index is 12.5. The maximum atomic E-state index is 12.5. The lowest BCUT2D eigenvalue weighted by atomic mass is 9.98. The predicted molar refractivity (Wildman–Crippen MR) is 85.5 cm³/mol. The van der Waals surface area contributed by atoms with Crippen LogP contribution in [0.3, 0.4) is 0 Å². The van der Waals surface area contributed by atoms with Gasteiger partial charge in [-0.2, -0.15) is 5.26 Å². The molecule has 0 bridgehead atoms. The third-order valence-corrected chi connectivity index (χ3v) is 3.41. The summed E-state index contributed by atoms with van der Waals surface area (Å²) in [5.74, 6) is -3.47. The molecule has 0 aliphatic rings. The summed E-state index contributed by atoms with van der Waals surface area (Å²) in [7, 11) is 0. The molecule has 0 saturated carbocycles. The van der Waals surface area contributed by atoms with Gasteiger partial charge in [0.2, 0.25) is 0 Å². The highest BCUT2D eigenvalue weighted by Crippen LogP contribution is 2.26. The van der Waals surface area contributed by atoms with Crippen molar-refractivity contribution in [1.82, 2.24) is 0 Å². The van der Waals surface area contributed by atoms with Crippen LogP contribution in [-0.2, 0) is 14.3 Å².